The molecule has 0 aliphatic carbocycles. The Balaban J connectivity index is 1.88. The van der Waals surface area contributed by atoms with E-state index in [0.717, 1.165) is 16.7 Å². The zero-order valence-corrected chi connectivity index (χ0v) is 19.2. The molecule has 1 aliphatic rings. The summed E-state index contributed by atoms with van der Waals surface area (Å²) in [7, 11) is 0. The lowest BCUT2D eigenvalue weighted by atomic mass is 10.1. The summed E-state index contributed by atoms with van der Waals surface area (Å²) in [4.78, 5) is 37.5. The van der Waals surface area contributed by atoms with Crippen molar-refractivity contribution in [2.45, 2.75) is 13.5 Å². The van der Waals surface area contributed by atoms with Gasteiger partial charge in [0.05, 0.1) is 34.2 Å². The van der Waals surface area contributed by atoms with Gasteiger partial charge in [-0.2, -0.15) is 5.26 Å². The molecule has 32 heavy (non-hydrogen) atoms. The number of amides is 2. The first-order valence-electron chi connectivity index (χ1n) is 9.38. The Hall–Kier alpha value is -3.29. The van der Waals surface area contributed by atoms with Crippen LogP contribution in [0, 0.1) is 11.3 Å². The van der Waals surface area contributed by atoms with Crippen LogP contribution in [0.5, 0.6) is 11.5 Å². The smallest absolute Gasteiger partial charge is 0.341 e. The number of hydrogen-bond acceptors (Lipinski definition) is 7. The van der Waals surface area contributed by atoms with Crippen molar-refractivity contribution in [3.8, 4) is 17.6 Å². The van der Waals surface area contributed by atoms with Gasteiger partial charge in [-0.15, -0.1) is 0 Å². The first-order chi connectivity index (χ1) is 15.3. The van der Waals surface area contributed by atoms with E-state index in [-0.39, 0.29) is 17.2 Å². The second-order valence-electron chi connectivity index (χ2n) is 6.48. The summed E-state index contributed by atoms with van der Waals surface area (Å²) < 4.78 is 11.3. The van der Waals surface area contributed by atoms with Gasteiger partial charge in [-0.3, -0.25) is 14.5 Å². The number of halogens is 1. The summed E-state index contributed by atoms with van der Waals surface area (Å²) in [6.07, 6.45) is 1.55. The highest BCUT2D eigenvalue weighted by molar-refractivity contribution is 9.10. The van der Waals surface area contributed by atoms with Crippen molar-refractivity contribution < 1.29 is 29.0 Å². The lowest BCUT2D eigenvalue weighted by Crippen LogP contribution is -2.27. The Morgan fingerprint density at radius 3 is 2.72 bits per heavy atom. The zero-order valence-electron chi connectivity index (χ0n) is 16.8. The van der Waals surface area contributed by atoms with Gasteiger partial charge in [0.2, 0.25) is 0 Å². The molecule has 1 heterocycles. The molecule has 1 N–H and O–H groups in total. The molecule has 1 fully saturated rings. The molecule has 1 saturated heterocycles. The first-order valence-corrected chi connectivity index (χ1v) is 11.0. The van der Waals surface area contributed by atoms with E-state index in [9.17, 15) is 19.6 Å². The third kappa shape index (κ3) is 5.30. The Bertz CT molecular complexity index is 1160. The number of aliphatic carboxylic acids is 1. The van der Waals surface area contributed by atoms with E-state index in [2.05, 4.69) is 22.0 Å². The number of thioether (sulfide) groups is 1. The van der Waals surface area contributed by atoms with Crippen molar-refractivity contribution >= 4 is 50.9 Å². The second-order valence-corrected chi connectivity index (χ2v) is 8.33. The highest BCUT2D eigenvalue weighted by Gasteiger charge is 2.35. The summed E-state index contributed by atoms with van der Waals surface area (Å²) in [6, 6.07) is 12.1. The number of ether oxygens (including phenoxy) is 2. The maximum Gasteiger partial charge on any atom is 0.341 e. The van der Waals surface area contributed by atoms with Gasteiger partial charge in [-0.1, -0.05) is 18.2 Å². The summed E-state index contributed by atoms with van der Waals surface area (Å²) in [5.41, 5.74) is 1.54. The number of nitriles is 1. The number of hydrogen-bond donors (Lipinski definition) is 1. The van der Waals surface area contributed by atoms with Crippen LogP contribution in [0.15, 0.2) is 45.8 Å². The standard InChI is InChI=1S/C22H17BrN2O6S/c1-2-30-17-8-13(7-16(23)20(17)31-12-19(26)27)9-18-21(28)25(22(29)32-18)11-15-6-4-3-5-14(15)10-24/h3-9H,2,11-12H2,1H3,(H,26,27)/b18-9+. The molecular formula is C22H17BrN2O6S. The molecule has 3 rings (SSSR count). The van der Waals surface area contributed by atoms with Gasteiger partial charge in [0.15, 0.2) is 18.1 Å². The molecular weight excluding hydrogens is 500 g/mol. The third-order valence-corrected chi connectivity index (χ3v) is 5.81. The van der Waals surface area contributed by atoms with E-state index < -0.39 is 23.7 Å². The van der Waals surface area contributed by atoms with Crippen LogP contribution in [-0.4, -0.2) is 40.3 Å². The summed E-state index contributed by atoms with van der Waals surface area (Å²) >= 11 is 4.14. The van der Waals surface area contributed by atoms with Crippen LogP contribution in [0.3, 0.4) is 0 Å². The van der Waals surface area contributed by atoms with E-state index in [0.29, 0.717) is 33.5 Å². The molecule has 8 nitrogen and oxygen atoms in total. The monoisotopic (exact) mass is 516 g/mol. The number of carbonyl (C=O) groups is 3. The first kappa shape index (κ1) is 23.4. The van der Waals surface area contributed by atoms with Crippen molar-refractivity contribution in [1.29, 1.82) is 5.26 Å². The maximum atomic E-state index is 12.9. The van der Waals surface area contributed by atoms with Crippen molar-refractivity contribution in [2.24, 2.45) is 0 Å². The predicted molar refractivity (Wildman–Crippen MR) is 121 cm³/mol. The van der Waals surface area contributed by atoms with Crippen LogP contribution in [0.4, 0.5) is 4.79 Å². The fourth-order valence-corrected chi connectivity index (χ4v) is 4.35. The minimum atomic E-state index is -1.13. The summed E-state index contributed by atoms with van der Waals surface area (Å²) in [6.45, 7) is 1.54. The van der Waals surface area contributed by atoms with Gasteiger partial charge < -0.3 is 14.6 Å². The van der Waals surface area contributed by atoms with E-state index >= 15 is 0 Å². The number of rotatable bonds is 8. The predicted octanol–water partition coefficient (Wildman–Crippen LogP) is 4.42. The topological polar surface area (TPSA) is 117 Å². The minimum absolute atomic E-state index is 0.00158. The molecule has 0 atom stereocenters. The minimum Gasteiger partial charge on any atom is -0.490 e. The van der Waals surface area contributed by atoms with Gasteiger partial charge in [0, 0.05) is 0 Å². The van der Waals surface area contributed by atoms with Crippen LogP contribution >= 0.6 is 27.7 Å². The molecule has 0 unspecified atom stereocenters. The van der Waals surface area contributed by atoms with E-state index in [1.165, 1.54) is 0 Å². The SMILES string of the molecule is CCOc1cc(/C=C2/SC(=O)N(Cc3ccccc3C#N)C2=O)cc(Br)c1OCC(=O)O. The molecule has 164 valence electrons. The fourth-order valence-electron chi connectivity index (χ4n) is 2.93. The van der Waals surface area contributed by atoms with Gasteiger partial charge in [-0.25, -0.2) is 4.79 Å². The molecule has 0 saturated carbocycles. The normalized spacial score (nSPS) is 14.5. The van der Waals surface area contributed by atoms with E-state index in [4.69, 9.17) is 14.6 Å². The van der Waals surface area contributed by atoms with Gasteiger partial charge in [0.1, 0.15) is 0 Å². The van der Waals surface area contributed by atoms with Crippen molar-refractivity contribution in [1.82, 2.24) is 4.90 Å². The molecule has 1 aliphatic heterocycles. The number of carbonyl (C=O) groups excluding carboxylic acids is 2. The molecule has 2 aromatic rings. The largest absolute Gasteiger partial charge is 0.490 e. The second kappa shape index (κ2) is 10.3. The quantitative estimate of drug-likeness (QED) is 0.512. The molecule has 0 radical (unpaired) electrons. The number of carboxylic acid groups (broad SMARTS) is 1. The maximum absolute atomic E-state index is 12.9. The van der Waals surface area contributed by atoms with Gasteiger partial charge in [-0.05, 0) is 70.0 Å². The summed E-state index contributed by atoms with van der Waals surface area (Å²) in [5, 5.41) is 17.7. The Labute approximate surface area is 196 Å². The average Bonchev–Trinajstić information content (AvgIpc) is 3.01. The van der Waals surface area contributed by atoms with Crippen LogP contribution < -0.4 is 9.47 Å². The van der Waals surface area contributed by atoms with Crippen molar-refractivity contribution in [2.75, 3.05) is 13.2 Å². The average molecular weight is 517 g/mol. The molecule has 2 amide bonds. The summed E-state index contributed by atoms with van der Waals surface area (Å²) in [5.74, 6) is -1.06. The fraction of sp³-hybridized carbons (Fsp3) is 0.182. The van der Waals surface area contributed by atoms with Crippen LogP contribution in [0.2, 0.25) is 0 Å². The Morgan fingerprint density at radius 2 is 2.03 bits per heavy atom. The third-order valence-electron chi connectivity index (χ3n) is 4.31. The lowest BCUT2D eigenvalue weighted by Gasteiger charge is -2.14. The highest BCUT2D eigenvalue weighted by Crippen LogP contribution is 2.39. The Morgan fingerprint density at radius 1 is 1.28 bits per heavy atom. The number of imide groups is 1. The van der Waals surface area contributed by atoms with Crippen LogP contribution in [-0.2, 0) is 16.1 Å². The van der Waals surface area contributed by atoms with Crippen LogP contribution in [0.1, 0.15) is 23.6 Å². The number of benzene rings is 2. The van der Waals surface area contributed by atoms with Crippen molar-refractivity contribution in [3.63, 3.8) is 0 Å². The van der Waals surface area contributed by atoms with Crippen LogP contribution in [0.25, 0.3) is 6.08 Å². The van der Waals surface area contributed by atoms with Gasteiger partial charge in [0.25, 0.3) is 11.1 Å². The molecule has 0 bridgehead atoms. The highest BCUT2D eigenvalue weighted by atomic mass is 79.9. The molecule has 10 heteroatoms. The molecule has 2 aromatic carbocycles. The van der Waals surface area contributed by atoms with E-state index in [1.54, 1.807) is 49.4 Å². The molecule has 0 aromatic heterocycles. The van der Waals surface area contributed by atoms with Gasteiger partial charge >= 0.3 is 5.97 Å². The Kier molecular flexibility index (Phi) is 7.56. The van der Waals surface area contributed by atoms with E-state index in [1.807, 2.05) is 0 Å². The lowest BCUT2D eigenvalue weighted by molar-refractivity contribution is -0.139. The van der Waals surface area contributed by atoms with Crippen molar-refractivity contribution in [3.05, 3.63) is 62.5 Å². The zero-order chi connectivity index (χ0) is 23.3. The molecule has 0 spiro atoms. The number of nitrogens with zero attached hydrogens (tertiary/aromatic N) is 2. The number of carboxylic acids is 1.